The maximum absolute atomic E-state index is 12.5. The van der Waals surface area contributed by atoms with Crippen LogP contribution in [0.15, 0.2) is 55.2 Å². The average molecular weight is 528 g/mol. The first-order valence-electron chi connectivity index (χ1n) is 11.6. The van der Waals surface area contributed by atoms with Crippen LogP contribution in [-0.2, 0) is 17.8 Å². The van der Waals surface area contributed by atoms with Crippen molar-refractivity contribution in [2.45, 2.75) is 26.1 Å². The van der Waals surface area contributed by atoms with Gasteiger partial charge in [0.15, 0.2) is 6.61 Å². The summed E-state index contributed by atoms with van der Waals surface area (Å²) >= 11 is 0. The topological polar surface area (TPSA) is 124 Å². The van der Waals surface area contributed by atoms with E-state index in [0.29, 0.717) is 34.3 Å². The van der Waals surface area contributed by atoms with Crippen LogP contribution in [0.5, 0.6) is 5.88 Å². The Hall–Kier alpha value is -4.55. The highest BCUT2D eigenvalue weighted by Crippen LogP contribution is 2.21. The van der Waals surface area contributed by atoms with Gasteiger partial charge in [-0.15, -0.1) is 0 Å². The van der Waals surface area contributed by atoms with Crippen LogP contribution in [0.25, 0.3) is 10.9 Å². The molecular weight excluding hydrogens is 503 g/mol. The van der Waals surface area contributed by atoms with Gasteiger partial charge in [0.05, 0.1) is 29.7 Å². The van der Waals surface area contributed by atoms with Crippen molar-refractivity contribution < 1.29 is 27.5 Å². The molecule has 0 fully saturated rings. The minimum atomic E-state index is -4.44. The fourth-order valence-electron chi connectivity index (χ4n) is 3.66. The standard InChI is InChI=1S/C25H24F3N7O3/c1-16-9-17(11-33-24(16)38-15-25(26,27)28)13-35-14-19-20(34-35)4-6-30-21(19)10-22(36)31-7-8-32-23(37)18-3-2-5-29-12-18/h2-6,9,11-12,14H,7-8,10,13,15H2,1H3,(H,31,36)(H,32,37). The van der Waals surface area contributed by atoms with Crippen molar-refractivity contribution >= 4 is 22.7 Å². The molecule has 13 heteroatoms. The first kappa shape index (κ1) is 26.5. The van der Waals surface area contributed by atoms with Crippen molar-refractivity contribution in [1.82, 2.24) is 35.4 Å². The van der Waals surface area contributed by atoms with Gasteiger partial charge in [-0.1, -0.05) is 0 Å². The molecule has 4 rings (SSSR count). The smallest absolute Gasteiger partial charge is 0.422 e. The fraction of sp³-hybridized carbons (Fsp3) is 0.280. The lowest BCUT2D eigenvalue weighted by atomic mass is 10.2. The van der Waals surface area contributed by atoms with Crippen molar-refractivity contribution in [3.8, 4) is 5.88 Å². The van der Waals surface area contributed by atoms with Gasteiger partial charge in [-0.2, -0.15) is 18.3 Å². The van der Waals surface area contributed by atoms with E-state index in [9.17, 15) is 22.8 Å². The third-order valence-electron chi connectivity index (χ3n) is 5.35. The van der Waals surface area contributed by atoms with Crippen molar-refractivity contribution in [1.29, 1.82) is 0 Å². The lowest BCUT2D eigenvalue weighted by Gasteiger charge is -2.11. The van der Waals surface area contributed by atoms with E-state index in [2.05, 4.69) is 30.7 Å². The third kappa shape index (κ3) is 7.24. The zero-order chi connectivity index (χ0) is 27.1. The van der Waals surface area contributed by atoms with Crippen LogP contribution < -0.4 is 15.4 Å². The molecule has 0 aliphatic rings. The highest BCUT2D eigenvalue weighted by molar-refractivity contribution is 5.93. The first-order chi connectivity index (χ1) is 18.2. The van der Waals surface area contributed by atoms with Gasteiger partial charge in [-0.3, -0.25) is 24.2 Å². The largest absolute Gasteiger partial charge is 0.468 e. The molecule has 0 saturated heterocycles. The van der Waals surface area contributed by atoms with E-state index in [1.54, 1.807) is 54.5 Å². The van der Waals surface area contributed by atoms with Gasteiger partial charge in [0.1, 0.15) is 0 Å². The molecule has 4 heterocycles. The van der Waals surface area contributed by atoms with Gasteiger partial charge in [0.2, 0.25) is 11.8 Å². The number of hydrogen-bond acceptors (Lipinski definition) is 7. The molecule has 10 nitrogen and oxygen atoms in total. The minimum absolute atomic E-state index is 0.0193. The number of carbonyl (C=O) groups excluding carboxylic acids is 2. The summed E-state index contributed by atoms with van der Waals surface area (Å²) in [6.07, 6.45) is 3.36. The molecule has 38 heavy (non-hydrogen) atoms. The van der Waals surface area contributed by atoms with E-state index in [0.717, 1.165) is 5.56 Å². The normalized spacial score (nSPS) is 11.4. The van der Waals surface area contributed by atoms with Crippen LogP contribution in [0.4, 0.5) is 13.2 Å². The number of hydrogen-bond donors (Lipinski definition) is 2. The van der Waals surface area contributed by atoms with E-state index in [1.807, 2.05) is 0 Å². The molecule has 0 aliphatic carbocycles. The second kappa shape index (κ2) is 11.7. The molecule has 0 unspecified atom stereocenters. The van der Waals surface area contributed by atoms with Crippen LogP contribution in [0.3, 0.4) is 0 Å². The van der Waals surface area contributed by atoms with E-state index in [-0.39, 0.29) is 37.2 Å². The Balaban J connectivity index is 1.33. The summed E-state index contributed by atoms with van der Waals surface area (Å²) in [5.41, 5.74) is 2.80. The number of nitrogens with zero attached hydrogens (tertiary/aromatic N) is 5. The van der Waals surface area contributed by atoms with E-state index < -0.39 is 12.8 Å². The number of rotatable bonds is 10. The van der Waals surface area contributed by atoms with Crippen molar-refractivity contribution in [2.75, 3.05) is 19.7 Å². The Morgan fingerprint density at radius 2 is 1.89 bits per heavy atom. The highest BCUT2D eigenvalue weighted by Gasteiger charge is 2.29. The number of halogens is 3. The van der Waals surface area contributed by atoms with Gasteiger partial charge < -0.3 is 15.4 Å². The lowest BCUT2D eigenvalue weighted by molar-refractivity contribution is -0.154. The molecule has 4 aromatic rings. The average Bonchev–Trinajstić information content (AvgIpc) is 3.29. The van der Waals surface area contributed by atoms with Gasteiger partial charge >= 0.3 is 6.18 Å². The molecule has 0 radical (unpaired) electrons. The Morgan fingerprint density at radius 3 is 2.63 bits per heavy atom. The highest BCUT2D eigenvalue weighted by atomic mass is 19.4. The number of carbonyl (C=O) groups is 2. The summed E-state index contributed by atoms with van der Waals surface area (Å²) in [6.45, 7) is 1.02. The van der Waals surface area contributed by atoms with Gasteiger partial charge in [0, 0.05) is 55.0 Å². The number of aromatic nitrogens is 5. The van der Waals surface area contributed by atoms with Crippen LogP contribution >= 0.6 is 0 Å². The summed E-state index contributed by atoms with van der Waals surface area (Å²) in [5.74, 6) is -0.617. The number of nitrogens with one attached hydrogen (secondary N) is 2. The van der Waals surface area contributed by atoms with Crippen LogP contribution in [-0.4, -0.2) is 62.4 Å². The van der Waals surface area contributed by atoms with Crippen molar-refractivity contribution in [3.63, 3.8) is 0 Å². The summed E-state index contributed by atoms with van der Waals surface area (Å²) in [7, 11) is 0. The molecule has 0 spiro atoms. The number of aryl methyl sites for hydroxylation is 1. The predicted molar refractivity (Wildman–Crippen MR) is 130 cm³/mol. The number of fused-ring (bicyclic) bond motifs is 1. The number of pyridine rings is 3. The summed E-state index contributed by atoms with van der Waals surface area (Å²) in [6, 6.07) is 6.72. The van der Waals surface area contributed by atoms with Gasteiger partial charge in [0.25, 0.3) is 5.91 Å². The Morgan fingerprint density at radius 1 is 1.08 bits per heavy atom. The molecule has 0 bridgehead atoms. The Bertz CT molecular complexity index is 1420. The van der Waals surface area contributed by atoms with E-state index in [1.165, 1.54) is 12.4 Å². The molecule has 0 aromatic carbocycles. The second-order valence-electron chi connectivity index (χ2n) is 8.41. The molecular formula is C25H24F3N7O3. The Labute approximate surface area is 215 Å². The minimum Gasteiger partial charge on any atom is -0.468 e. The summed E-state index contributed by atoms with van der Waals surface area (Å²) < 4.78 is 43.6. The molecule has 198 valence electrons. The van der Waals surface area contributed by atoms with Gasteiger partial charge in [-0.25, -0.2) is 4.98 Å². The fourth-order valence-corrected chi connectivity index (χ4v) is 3.66. The molecule has 4 aromatic heterocycles. The van der Waals surface area contributed by atoms with Gasteiger partial charge in [-0.05, 0) is 36.8 Å². The number of alkyl halides is 3. The van der Waals surface area contributed by atoms with Crippen molar-refractivity contribution in [2.24, 2.45) is 0 Å². The van der Waals surface area contributed by atoms with Crippen LogP contribution in [0.1, 0.15) is 27.2 Å². The molecule has 2 amide bonds. The monoisotopic (exact) mass is 527 g/mol. The first-order valence-corrected chi connectivity index (χ1v) is 11.6. The summed E-state index contributed by atoms with van der Waals surface area (Å²) in [4.78, 5) is 36.7. The van der Waals surface area contributed by atoms with Crippen LogP contribution in [0, 0.1) is 6.92 Å². The van der Waals surface area contributed by atoms with E-state index >= 15 is 0 Å². The van der Waals surface area contributed by atoms with Crippen LogP contribution in [0.2, 0.25) is 0 Å². The quantitative estimate of drug-likeness (QED) is 0.304. The predicted octanol–water partition coefficient (Wildman–Crippen LogP) is 2.61. The zero-order valence-corrected chi connectivity index (χ0v) is 20.3. The SMILES string of the molecule is Cc1cc(Cn2cc3c(CC(=O)NCCNC(=O)c4cccnc4)nccc3n2)cnc1OCC(F)(F)F. The second-order valence-corrected chi connectivity index (χ2v) is 8.41. The van der Waals surface area contributed by atoms with Crippen molar-refractivity contribution in [3.05, 3.63) is 77.6 Å². The zero-order valence-electron chi connectivity index (χ0n) is 20.3. The molecule has 0 atom stereocenters. The third-order valence-corrected chi connectivity index (χ3v) is 5.35. The lowest BCUT2D eigenvalue weighted by Crippen LogP contribution is -2.35. The maximum Gasteiger partial charge on any atom is 0.422 e. The summed E-state index contributed by atoms with van der Waals surface area (Å²) in [5, 5.41) is 10.7. The molecule has 0 saturated carbocycles. The number of ether oxygens (including phenoxy) is 1. The van der Waals surface area contributed by atoms with E-state index in [4.69, 9.17) is 4.74 Å². The molecule has 0 aliphatic heterocycles. The molecule has 2 N–H and O–H groups in total. The Kier molecular flexibility index (Phi) is 8.14. The maximum atomic E-state index is 12.5. The number of amides is 2.